The maximum absolute atomic E-state index is 5.56. The summed E-state index contributed by atoms with van der Waals surface area (Å²) in [5, 5.41) is 9.25. The zero-order valence-electron chi connectivity index (χ0n) is 12.5. The van der Waals surface area contributed by atoms with Crippen LogP contribution in [0.1, 0.15) is 17.2 Å². The summed E-state index contributed by atoms with van der Waals surface area (Å²) in [7, 11) is 1.94. The normalized spacial score (nSPS) is 10.8. The third kappa shape index (κ3) is 3.75. The van der Waals surface area contributed by atoms with E-state index in [1.807, 2.05) is 29.8 Å². The van der Waals surface area contributed by atoms with Crippen molar-refractivity contribution in [2.45, 2.75) is 17.3 Å². The molecule has 8 nitrogen and oxygen atoms in total. The van der Waals surface area contributed by atoms with Gasteiger partial charge in [0.2, 0.25) is 11.9 Å². The minimum Gasteiger partial charge on any atom is -0.368 e. The molecule has 0 saturated heterocycles. The van der Waals surface area contributed by atoms with Crippen LogP contribution < -0.4 is 11.5 Å². The minimum absolute atomic E-state index is 0.121. The molecule has 0 aliphatic heterocycles. The number of hydrogen-bond donors (Lipinski definition) is 2. The van der Waals surface area contributed by atoms with Gasteiger partial charge in [-0.15, -0.1) is 10.2 Å². The van der Waals surface area contributed by atoms with Crippen LogP contribution in [0.2, 0.25) is 0 Å². The van der Waals surface area contributed by atoms with Gasteiger partial charge in [0, 0.05) is 13.5 Å². The van der Waals surface area contributed by atoms with Gasteiger partial charge in [0.15, 0.2) is 5.16 Å². The maximum atomic E-state index is 5.56. The van der Waals surface area contributed by atoms with Crippen molar-refractivity contribution >= 4 is 23.7 Å². The van der Waals surface area contributed by atoms with Gasteiger partial charge in [-0.25, -0.2) is 0 Å². The fourth-order valence-electron chi connectivity index (χ4n) is 2.05. The van der Waals surface area contributed by atoms with E-state index in [2.05, 4.69) is 37.3 Å². The molecule has 0 aliphatic carbocycles. The van der Waals surface area contributed by atoms with Crippen LogP contribution in [0, 0.1) is 0 Å². The molecule has 1 aromatic carbocycles. The summed E-state index contributed by atoms with van der Waals surface area (Å²) in [4.78, 5) is 11.8. The third-order valence-corrected chi connectivity index (χ3v) is 4.19. The lowest BCUT2D eigenvalue weighted by atomic mass is 10.1. The molecule has 0 spiro atoms. The maximum Gasteiger partial charge on any atom is 0.225 e. The van der Waals surface area contributed by atoms with Crippen LogP contribution in [0.15, 0.2) is 35.5 Å². The van der Waals surface area contributed by atoms with Crippen LogP contribution in [0.4, 0.5) is 11.9 Å². The van der Waals surface area contributed by atoms with Gasteiger partial charge in [-0.3, -0.25) is 0 Å². The molecule has 0 saturated carbocycles. The number of thioether (sulfide) groups is 1. The van der Waals surface area contributed by atoms with Crippen LogP contribution >= 0.6 is 11.8 Å². The van der Waals surface area contributed by atoms with Crippen molar-refractivity contribution in [2.24, 2.45) is 7.05 Å². The van der Waals surface area contributed by atoms with E-state index in [0.29, 0.717) is 11.6 Å². The molecule has 3 rings (SSSR count). The van der Waals surface area contributed by atoms with Crippen LogP contribution in [0.5, 0.6) is 0 Å². The van der Waals surface area contributed by atoms with E-state index in [1.165, 1.54) is 17.3 Å². The Morgan fingerprint density at radius 3 is 2.39 bits per heavy atom. The highest BCUT2D eigenvalue weighted by atomic mass is 32.2. The molecule has 0 amide bonds. The average Bonchev–Trinajstić information content (AvgIpc) is 2.86. The summed E-state index contributed by atoms with van der Waals surface area (Å²) in [6.07, 6.45) is 0.733. The van der Waals surface area contributed by atoms with Gasteiger partial charge in [-0.2, -0.15) is 15.0 Å². The zero-order chi connectivity index (χ0) is 16.2. The Morgan fingerprint density at radius 1 is 1.00 bits per heavy atom. The number of nitrogens with zero attached hydrogens (tertiary/aromatic N) is 6. The summed E-state index contributed by atoms with van der Waals surface area (Å²) >= 11 is 1.47. The molecule has 0 unspecified atom stereocenters. The molecule has 2 aromatic heterocycles. The molecule has 0 aliphatic rings. The van der Waals surface area contributed by atoms with Crippen molar-refractivity contribution < 1.29 is 0 Å². The van der Waals surface area contributed by atoms with Crippen LogP contribution in [0.3, 0.4) is 0 Å². The van der Waals surface area contributed by atoms with E-state index in [0.717, 1.165) is 17.4 Å². The highest BCUT2D eigenvalue weighted by Gasteiger charge is 2.11. The number of rotatable bonds is 5. The highest BCUT2D eigenvalue weighted by molar-refractivity contribution is 7.98. The van der Waals surface area contributed by atoms with E-state index < -0.39 is 0 Å². The average molecular weight is 328 g/mol. The van der Waals surface area contributed by atoms with Gasteiger partial charge in [-0.1, -0.05) is 42.1 Å². The Kier molecular flexibility index (Phi) is 4.38. The topological polar surface area (TPSA) is 121 Å². The lowest BCUT2D eigenvalue weighted by molar-refractivity contribution is 0.748. The van der Waals surface area contributed by atoms with E-state index in [-0.39, 0.29) is 11.9 Å². The molecule has 3 aromatic rings. The predicted molar refractivity (Wildman–Crippen MR) is 88.5 cm³/mol. The second-order valence-electron chi connectivity index (χ2n) is 4.88. The lowest BCUT2D eigenvalue weighted by Crippen LogP contribution is -2.06. The largest absolute Gasteiger partial charge is 0.368 e. The molecule has 0 atom stereocenters. The first-order valence-electron chi connectivity index (χ1n) is 6.92. The third-order valence-electron chi connectivity index (χ3n) is 3.18. The van der Waals surface area contributed by atoms with Gasteiger partial charge >= 0.3 is 0 Å². The van der Waals surface area contributed by atoms with Crippen molar-refractivity contribution in [3.05, 3.63) is 47.5 Å². The number of benzene rings is 1. The molecule has 4 N–H and O–H groups in total. The second-order valence-corrected chi connectivity index (χ2v) is 5.82. The molecular weight excluding hydrogens is 312 g/mol. The summed E-state index contributed by atoms with van der Waals surface area (Å²) in [5.74, 6) is 2.15. The van der Waals surface area contributed by atoms with E-state index in [9.17, 15) is 0 Å². The molecule has 0 radical (unpaired) electrons. The standard InChI is InChI=1S/C14H16N8S/c1-22-11(7-9-5-3-2-4-6-9)20-21-14(22)23-8-10-17-12(15)19-13(16)18-10/h2-6H,7-8H2,1H3,(H4,15,16,17,18,19). The van der Waals surface area contributed by atoms with Crippen LogP contribution in [-0.4, -0.2) is 29.7 Å². The molecule has 0 fully saturated rings. The van der Waals surface area contributed by atoms with Gasteiger partial charge in [0.25, 0.3) is 0 Å². The Hall–Kier alpha value is -2.68. The van der Waals surface area contributed by atoms with Crippen molar-refractivity contribution in [3.63, 3.8) is 0 Å². The quantitative estimate of drug-likeness (QED) is 0.666. The van der Waals surface area contributed by atoms with Crippen molar-refractivity contribution in [3.8, 4) is 0 Å². The number of anilines is 2. The Balaban J connectivity index is 1.69. The number of nitrogens with two attached hydrogens (primary N) is 2. The summed E-state index contributed by atoms with van der Waals surface area (Å²) in [6, 6.07) is 10.1. The first-order valence-corrected chi connectivity index (χ1v) is 7.91. The van der Waals surface area contributed by atoms with Gasteiger partial charge in [0.1, 0.15) is 11.6 Å². The zero-order valence-corrected chi connectivity index (χ0v) is 13.4. The number of aromatic nitrogens is 6. The molecule has 23 heavy (non-hydrogen) atoms. The Labute approximate surface area is 137 Å². The van der Waals surface area contributed by atoms with Crippen molar-refractivity contribution in [2.75, 3.05) is 11.5 Å². The number of hydrogen-bond acceptors (Lipinski definition) is 8. The van der Waals surface area contributed by atoms with E-state index in [4.69, 9.17) is 11.5 Å². The Morgan fingerprint density at radius 2 is 1.70 bits per heavy atom. The smallest absolute Gasteiger partial charge is 0.225 e. The van der Waals surface area contributed by atoms with Gasteiger partial charge in [-0.05, 0) is 5.56 Å². The van der Waals surface area contributed by atoms with Crippen LogP contribution in [0.25, 0.3) is 0 Å². The van der Waals surface area contributed by atoms with E-state index >= 15 is 0 Å². The lowest BCUT2D eigenvalue weighted by Gasteiger charge is -2.04. The van der Waals surface area contributed by atoms with Crippen molar-refractivity contribution in [1.82, 2.24) is 29.7 Å². The summed E-state index contributed by atoms with van der Waals surface area (Å²) < 4.78 is 1.96. The first-order chi connectivity index (χ1) is 11.1. The molecule has 9 heteroatoms. The summed E-state index contributed by atoms with van der Waals surface area (Å²) in [6.45, 7) is 0. The minimum atomic E-state index is 0.121. The Bertz CT molecular complexity index is 782. The monoisotopic (exact) mass is 328 g/mol. The SMILES string of the molecule is Cn1c(Cc2ccccc2)nnc1SCc1nc(N)nc(N)n1. The molecular formula is C14H16N8S. The van der Waals surface area contributed by atoms with Crippen LogP contribution in [-0.2, 0) is 19.2 Å². The fourth-order valence-corrected chi connectivity index (χ4v) is 2.84. The summed E-state index contributed by atoms with van der Waals surface area (Å²) in [5.41, 5.74) is 12.3. The van der Waals surface area contributed by atoms with Gasteiger partial charge in [0.05, 0.1) is 5.75 Å². The van der Waals surface area contributed by atoms with Crippen molar-refractivity contribution in [1.29, 1.82) is 0 Å². The predicted octanol–water partition coefficient (Wildman–Crippen LogP) is 1.05. The molecule has 0 bridgehead atoms. The first kappa shape index (κ1) is 15.2. The van der Waals surface area contributed by atoms with E-state index in [1.54, 1.807) is 0 Å². The molecule has 118 valence electrons. The number of nitrogen functional groups attached to an aromatic ring is 2. The fraction of sp³-hybridized carbons (Fsp3) is 0.214. The second kappa shape index (κ2) is 6.61. The van der Waals surface area contributed by atoms with Gasteiger partial charge < -0.3 is 16.0 Å². The highest BCUT2D eigenvalue weighted by Crippen LogP contribution is 2.20. The molecule has 2 heterocycles.